The third-order valence-electron chi connectivity index (χ3n) is 6.01. The molecule has 0 aliphatic carbocycles. The van der Waals surface area contributed by atoms with E-state index < -0.39 is 11.6 Å². The summed E-state index contributed by atoms with van der Waals surface area (Å²) < 4.78 is 27.2. The Morgan fingerprint density at radius 3 is 2.69 bits per heavy atom. The summed E-state index contributed by atoms with van der Waals surface area (Å²) in [4.78, 5) is 6.46. The zero-order chi connectivity index (χ0) is 23.5. The number of hydrogen-bond donors (Lipinski definition) is 0. The van der Waals surface area contributed by atoms with Gasteiger partial charge in [0.1, 0.15) is 0 Å². The summed E-state index contributed by atoms with van der Waals surface area (Å²) >= 11 is 0. The fraction of sp³-hybridized carbons (Fsp3) is 0.138. The van der Waals surface area contributed by atoms with Gasteiger partial charge in [-0.15, -0.1) is 18.2 Å². The van der Waals surface area contributed by atoms with E-state index in [0.29, 0.717) is 5.69 Å². The van der Waals surface area contributed by atoms with E-state index in [1.54, 1.807) is 12.3 Å². The Morgan fingerprint density at radius 1 is 1.03 bits per heavy atom. The van der Waals surface area contributed by atoms with E-state index in [-0.39, 0.29) is 31.8 Å². The molecule has 0 saturated carbocycles. The maximum atomic E-state index is 13.9. The van der Waals surface area contributed by atoms with Crippen LogP contribution in [0.4, 0.5) is 8.78 Å². The molecule has 1 atom stereocenters. The summed E-state index contributed by atoms with van der Waals surface area (Å²) in [6, 6.07) is 26.1. The molecule has 3 aromatic carbocycles. The van der Waals surface area contributed by atoms with Crippen molar-refractivity contribution in [2.45, 2.75) is 19.5 Å². The third-order valence-corrected chi connectivity index (χ3v) is 6.01. The van der Waals surface area contributed by atoms with Gasteiger partial charge in [-0.1, -0.05) is 48.4 Å². The molecule has 1 aromatic heterocycles. The van der Waals surface area contributed by atoms with Crippen LogP contribution in [0.5, 0.6) is 0 Å². The Morgan fingerprint density at radius 2 is 1.86 bits per heavy atom. The Balaban J connectivity index is 0.000000177. The van der Waals surface area contributed by atoms with Gasteiger partial charge in [-0.05, 0) is 41.7 Å². The van der Waals surface area contributed by atoms with E-state index in [2.05, 4.69) is 45.7 Å². The van der Waals surface area contributed by atoms with Crippen molar-refractivity contribution in [3.63, 3.8) is 0 Å². The summed E-state index contributed by atoms with van der Waals surface area (Å²) in [6.07, 6.45) is 6.94. The van der Waals surface area contributed by atoms with Gasteiger partial charge in [0, 0.05) is 12.7 Å². The van der Waals surface area contributed by atoms with Crippen LogP contribution >= 0.6 is 0 Å². The molecule has 0 amide bonds. The fourth-order valence-corrected chi connectivity index (χ4v) is 4.23. The second-order valence-electron chi connectivity index (χ2n) is 8.18. The Hall–Kier alpha value is -3.34. The summed E-state index contributed by atoms with van der Waals surface area (Å²) in [7, 11) is 0. The van der Waals surface area contributed by atoms with Crippen LogP contribution in [0, 0.1) is 30.7 Å². The van der Waals surface area contributed by atoms with Crippen LogP contribution in [-0.2, 0) is 26.5 Å². The Labute approximate surface area is 217 Å². The largest absolute Gasteiger partial charge is 3.00 e. The molecule has 0 fully saturated rings. The predicted molar refractivity (Wildman–Crippen MR) is 130 cm³/mol. The van der Waals surface area contributed by atoms with E-state index in [1.807, 2.05) is 49.5 Å². The standard InChI is InChI=1S/C18H12F2N.C11H10N2.Ir/c1-12-11-21-17(14-8-5-9-16(19)18(14)20)10-15(12)13-6-3-2-4-7-13;1-2-4-10-9(3-1)5-7-13-8-6-12-11(10)13;/h2-7,9-11H,1H3;1-3,6,8,11H,5,7H2;/q-1;-2;+3. The number of halogens is 2. The molecule has 0 N–H and O–H groups in total. The molecule has 176 valence electrons. The normalized spacial score (nSPS) is 15.2. The van der Waals surface area contributed by atoms with Crippen LogP contribution in [0.25, 0.3) is 27.7 Å². The second kappa shape index (κ2) is 10.9. The van der Waals surface area contributed by atoms with E-state index in [0.717, 1.165) is 35.7 Å². The summed E-state index contributed by atoms with van der Waals surface area (Å²) in [5.74, 6) is -1.82. The minimum atomic E-state index is -0.923. The Kier molecular flexibility index (Phi) is 7.74. The molecule has 0 saturated heterocycles. The molecule has 2 aliphatic rings. The van der Waals surface area contributed by atoms with E-state index in [4.69, 9.17) is 0 Å². The average Bonchev–Trinajstić information content (AvgIpc) is 3.37. The molecule has 6 rings (SSSR count). The van der Waals surface area contributed by atoms with Crippen LogP contribution in [0.3, 0.4) is 0 Å². The van der Waals surface area contributed by atoms with Crippen LogP contribution in [0.15, 0.2) is 85.3 Å². The smallest absolute Gasteiger partial charge is 0.668 e. The van der Waals surface area contributed by atoms with Gasteiger partial charge in [0.2, 0.25) is 0 Å². The van der Waals surface area contributed by atoms with Crippen molar-refractivity contribution in [1.29, 1.82) is 0 Å². The number of nitrogens with zero attached hydrogens (tertiary/aromatic N) is 3. The van der Waals surface area contributed by atoms with Crippen LogP contribution in [-0.4, -0.2) is 16.4 Å². The molecular weight excluding hydrogens is 621 g/mol. The van der Waals surface area contributed by atoms with Crippen molar-refractivity contribution >= 4 is 0 Å². The zero-order valence-electron chi connectivity index (χ0n) is 19.0. The van der Waals surface area contributed by atoms with Gasteiger partial charge >= 0.3 is 20.1 Å². The minimum Gasteiger partial charge on any atom is -0.668 e. The number of pyridine rings is 1. The Bertz CT molecular complexity index is 1340. The maximum Gasteiger partial charge on any atom is 3.00 e. The molecule has 0 radical (unpaired) electrons. The van der Waals surface area contributed by atoms with Crippen LogP contribution < -0.4 is 0 Å². The molecule has 0 spiro atoms. The van der Waals surface area contributed by atoms with Gasteiger partial charge in [-0.25, -0.2) is 4.39 Å². The topological polar surface area (TPSA) is 30.2 Å². The van der Waals surface area contributed by atoms with E-state index in [1.165, 1.54) is 17.2 Å². The molecule has 1 unspecified atom stereocenters. The third kappa shape index (κ3) is 5.19. The first-order valence-corrected chi connectivity index (χ1v) is 11.1. The van der Waals surface area contributed by atoms with Crippen molar-refractivity contribution in [3.05, 3.63) is 131 Å². The molecule has 6 heteroatoms. The van der Waals surface area contributed by atoms with Crippen LogP contribution in [0.2, 0.25) is 0 Å². The monoisotopic (exact) mass is 643 g/mol. The van der Waals surface area contributed by atoms with Gasteiger partial charge in [-0.3, -0.25) is 4.39 Å². The van der Waals surface area contributed by atoms with Crippen LogP contribution in [0.1, 0.15) is 22.9 Å². The second-order valence-corrected chi connectivity index (χ2v) is 8.18. The summed E-state index contributed by atoms with van der Waals surface area (Å²) in [5, 5.41) is 4.41. The number of hydrogen-bond acceptors (Lipinski definition) is 2. The number of benzene rings is 3. The molecule has 3 nitrogen and oxygen atoms in total. The SMILES string of the molecule is Cc1cnc(-c2[c-]ccc(F)c2F)cc1-c1ccccc1.[Ir+3].[c-]1cccc2c1C1[N-]C=CN1CC2. The number of aryl methyl sites for hydroxylation is 1. The summed E-state index contributed by atoms with van der Waals surface area (Å²) in [5.41, 5.74) is 5.99. The van der Waals surface area contributed by atoms with Gasteiger partial charge in [-0.2, -0.15) is 41.6 Å². The van der Waals surface area contributed by atoms with E-state index in [9.17, 15) is 8.78 Å². The minimum absolute atomic E-state index is 0. The molecule has 4 aromatic rings. The predicted octanol–water partition coefficient (Wildman–Crippen LogP) is 7.00. The van der Waals surface area contributed by atoms with Crippen molar-refractivity contribution < 1.29 is 28.9 Å². The average molecular weight is 643 g/mol. The molecule has 0 bridgehead atoms. The number of fused-ring (bicyclic) bond motifs is 3. The number of aromatic nitrogens is 1. The van der Waals surface area contributed by atoms with Gasteiger partial charge in [0.25, 0.3) is 0 Å². The van der Waals surface area contributed by atoms with Crippen molar-refractivity contribution in [1.82, 2.24) is 9.88 Å². The van der Waals surface area contributed by atoms with Crippen molar-refractivity contribution in [2.24, 2.45) is 0 Å². The van der Waals surface area contributed by atoms with Gasteiger partial charge < -0.3 is 15.2 Å². The quantitative estimate of drug-likeness (QED) is 0.221. The molecule has 3 heterocycles. The molecule has 2 aliphatic heterocycles. The van der Waals surface area contributed by atoms with Gasteiger partial charge in [0.15, 0.2) is 0 Å². The van der Waals surface area contributed by atoms with Crippen molar-refractivity contribution in [3.8, 4) is 22.4 Å². The molecular formula is C29H22F2IrN3. The first-order valence-electron chi connectivity index (χ1n) is 11.1. The van der Waals surface area contributed by atoms with E-state index >= 15 is 0 Å². The molecule has 35 heavy (non-hydrogen) atoms. The fourth-order valence-electron chi connectivity index (χ4n) is 4.23. The van der Waals surface area contributed by atoms with Gasteiger partial charge in [0.05, 0.1) is 11.6 Å². The number of rotatable bonds is 2. The summed E-state index contributed by atoms with van der Waals surface area (Å²) in [6.45, 7) is 3.01. The zero-order valence-corrected chi connectivity index (χ0v) is 21.4. The van der Waals surface area contributed by atoms with Crippen molar-refractivity contribution in [2.75, 3.05) is 6.54 Å². The maximum absolute atomic E-state index is 13.9. The first-order chi connectivity index (χ1) is 16.6. The first kappa shape index (κ1) is 24.8.